The zero-order chi connectivity index (χ0) is 22.1. The summed E-state index contributed by atoms with van der Waals surface area (Å²) in [5.41, 5.74) is 1.52. The molecule has 1 heterocycles. The fraction of sp³-hybridized carbons (Fsp3) is 0.238. The van der Waals surface area contributed by atoms with Crippen LogP contribution in [-0.4, -0.2) is 35.2 Å². The molecule has 0 saturated carbocycles. The lowest BCUT2D eigenvalue weighted by Crippen LogP contribution is -2.27. The molecule has 2 amide bonds. The maximum absolute atomic E-state index is 12.2. The molecule has 0 atom stereocenters. The third-order valence-corrected chi connectivity index (χ3v) is 5.06. The lowest BCUT2D eigenvalue weighted by molar-refractivity contribution is -0.126. The first-order valence-electron chi connectivity index (χ1n) is 9.49. The Morgan fingerprint density at radius 1 is 1.13 bits per heavy atom. The molecule has 0 bridgehead atoms. The number of hydrogen-bond acceptors (Lipinski definition) is 7. The summed E-state index contributed by atoms with van der Waals surface area (Å²) in [6, 6.07) is 14.3. The van der Waals surface area contributed by atoms with Gasteiger partial charge in [0.25, 0.3) is 5.91 Å². The van der Waals surface area contributed by atoms with Crippen LogP contribution in [0.4, 0.5) is 5.69 Å². The maximum atomic E-state index is 12.2. The highest BCUT2D eigenvalue weighted by molar-refractivity contribution is 7.13. The number of benzene rings is 2. The lowest BCUT2D eigenvalue weighted by Gasteiger charge is -2.07. The van der Waals surface area contributed by atoms with Gasteiger partial charge in [0.1, 0.15) is 24.0 Å². The third kappa shape index (κ3) is 7.32. The van der Waals surface area contributed by atoms with E-state index >= 15 is 0 Å². The number of carbonyl (C=O) groups is 2. The Morgan fingerprint density at radius 2 is 1.94 bits per heavy atom. The van der Waals surface area contributed by atoms with Crippen molar-refractivity contribution in [3.05, 3.63) is 69.1 Å². The number of rotatable bonds is 10. The lowest BCUT2D eigenvalue weighted by atomic mass is 10.2. The first-order valence-corrected chi connectivity index (χ1v) is 10.7. The van der Waals surface area contributed by atoms with E-state index in [1.54, 1.807) is 24.3 Å². The van der Waals surface area contributed by atoms with Crippen LogP contribution in [0.1, 0.15) is 27.3 Å². The van der Waals surface area contributed by atoms with E-state index in [0.29, 0.717) is 28.9 Å². The highest BCUT2D eigenvalue weighted by Crippen LogP contribution is 2.17. The average Bonchev–Trinajstić information content (AvgIpc) is 3.23. The van der Waals surface area contributed by atoms with Gasteiger partial charge < -0.3 is 20.1 Å². The number of nitrogens with zero attached hydrogens (tertiary/aromatic N) is 2. The molecule has 3 aromatic rings. The van der Waals surface area contributed by atoms with E-state index in [1.807, 2.05) is 31.2 Å². The minimum Gasteiger partial charge on any atom is -0.494 e. The molecule has 2 N–H and O–H groups in total. The molecule has 0 fully saturated rings. The second kappa shape index (κ2) is 11.4. The van der Waals surface area contributed by atoms with Gasteiger partial charge in [0.05, 0.1) is 6.61 Å². The Labute approximate surface area is 188 Å². The van der Waals surface area contributed by atoms with Crippen LogP contribution >= 0.6 is 22.9 Å². The normalized spacial score (nSPS) is 10.5. The van der Waals surface area contributed by atoms with Gasteiger partial charge in [-0.2, -0.15) is 0 Å². The van der Waals surface area contributed by atoms with Gasteiger partial charge in [-0.3, -0.25) is 9.59 Å². The monoisotopic (exact) mass is 460 g/mol. The van der Waals surface area contributed by atoms with E-state index in [9.17, 15) is 9.59 Å². The van der Waals surface area contributed by atoms with Crippen molar-refractivity contribution in [1.82, 2.24) is 15.5 Å². The fourth-order valence-electron chi connectivity index (χ4n) is 2.51. The number of anilines is 1. The molecule has 2 aromatic carbocycles. The van der Waals surface area contributed by atoms with Crippen molar-refractivity contribution in [3.8, 4) is 5.75 Å². The Kier molecular flexibility index (Phi) is 8.34. The third-order valence-electron chi connectivity index (χ3n) is 3.93. The van der Waals surface area contributed by atoms with Gasteiger partial charge in [-0.25, -0.2) is 0 Å². The van der Waals surface area contributed by atoms with Crippen LogP contribution in [0.15, 0.2) is 48.5 Å². The van der Waals surface area contributed by atoms with Gasteiger partial charge in [0, 0.05) is 17.3 Å². The molecule has 0 aliphatic rings. The quantitative estimate of drug-likeness (QED) is 0.478. The first-order chi connectivity index (χ1) is 15.0. The highest BCUT2D eigenvalue weighted by atomic mass is 35.5. The first kappa shape index (κ1) is 22.7. The van der Waals surface area contributed by atoms with E-state index in [1.165, 1.54) is 0 Å². The number of hydrogen-bond donors (Lipinski definition) is 2. The van der Waals surface area contributed by atoms with Crippen molar-refractivity contribution in [3.63, 3.8) is 0 Å². The molecule has 31 heavy (non-hydrogen) atoms. The van der Waals surface area contributed by atoms with Gasteiger partial charge >= 0.3 is 0 Å². The summed E-state index contributed by atoms with van der Waals surface area (Å²) in [6.07, 6.45) is 0. The number of halogens is 1. The molecule has 10 heteroatoms. The molecule has 1 aromatic heterocycles. The van der Waals surface area contributed by atoms with Crippen LogP contribution in [0, 0.1) is 0 Å². The van der Waals surface area contributed by atoms with Gasteiger partial charge in [0.15, 0.2) is 0 Å². The molecule has 8 nitrogen and oxygen atoms in total. The Bertz CT molecular complexity index is 1030. The van der Waals surface area contributed by atoms with Crippen LogP contribution in [-0.2, 0) is 22.7 Å². The topological polar surface area (TPSA) is 102 Å². The van der Waals surface area contributed by atoms with E-state index in [4.69, 9.17) is 21.1 Å². The van der Waals surface area contributed by atoms with Crippen molar-refractivity contribution in [2.75, 3.05) is 18.5 Å². The molecular weight excluding hydrogens is 440 g/mol. The largest absolute Gasteiger partial charge is 0.494 e. The van der Waals surface area contributed by atoms with E-state index in [0.717, 1.165) is 22.6 Å². The number of carbonyl (C=O) groups excluding carboxylic acids is 2. The van der Waals surface area contributed by atoms with E-state index in [-0.39, 0.29) is 30.0 Å². The van der Waals surface area contributed by atoms with E-state index in [2.05, 4.69) is 20.8 Å². The molecule has 0 spiro atoms. The van der Waals surface area contributed by atoms with Crippen LogP contribution < -0.4 is 15.4 Å². The predicted octanol–water partition coefficient (Wildman–Crippen LogP) is 3.68. The van der Waals surface area contributed by atoms with Gasteiger partial charge in [0.2, 0.25) is 10.9 Å². The number of ether oxygens (including phenoxy) is 2. The smallest absolute Gasteiger partial charge is 0.286 e. The molecule has 0 unspecified atom stereocenters. The molecule has 0 aliphatic carbocycles. The summed E-state index contributed by atoms with van der Waals surface area (Å²) < 4.78 is 10.8. The summed E-state index contributed by atoms with van der Waals surface area (Å²) in [4.78, 5) is 24.2. The number of amides is 2. The Balaban J connectivity index is 1.39. The van der Waals surface area contributed by atoms with Crippen molar-refractivity contribution in [2.45, 2.75) is 20.1 Å². The zero-order valence-corrected chi connectivity index (χ0v) is 18.3. The minimum absolute atomic E-state index is 0.0819. The van der Waals surface area contributed by atoms with Gasteiger partial charge in [-0.1, -0.05) is 41.1 Å². The minimum atomic E-state index is -0.390. The molecule has 3 rings (SSSR count). The Morgan fingerprint density at radius 3 is 2.68 bits per heavy atom. The van der Waals surface area contributed by atoms with Crippen LogP contribution in [0.3, 0.4) is 0 Å². The second-order valence-electron chi connectivity index (χ2n) is 6.31. The van der Waals surface area contributed by atoms with Gasteiger partial charge in [-0.05, 0) is 42.8 Å². The number of nitrogens with one attached hydrogen (secondary N) is 2. The van der Waals surface area contributed by atoms with Crippen molar-refractivity contribution < 1.29 is 19.1 Å². The predicted molar refractivity (Wildman–Crippen MR) is 118 cm³/mol. The SMILES string of the molecule is CCOc1ccc(CNC(=O)COCc2nnc(C(=O)Nc3cccc(Cl)c3)s2)cc1. The summed E-state index contributed by atoms with van der Waals surface area (Å²) in [6.45, 7) is 2.88. The van der Waals surface area contributed by atoms with Gasteiger partial charge in [-0.15, -0.1) is 10.2 Å². The van der Waals surface area contributed by atoms with E-state index < -0.39 is 0 Å². The van der Waals surface area contributed by atoms with Crippen molar-refractivity contribution in [2.24, 2.45) is 0 Å². The maximum Gasteiger partial charge on any atom is 0.286 e. The van der Waals surface area contributed by atoms with Crippen molar-refractivity contribution in [1.29, 1.82) is 0 Å². The zero-order valence-electron chi connectivity index (χ0n) is 16.8. The summed E-state index contributed by atoms with van der Waals surface area (Å²) >= 11 is 7.00. The second-order valence-corrected chi connectivity index (χ2v) is 7.81. The molecule has 162 valence electrons. The van der Waals surface area contributed by atoms with Crippen molar-refractivity contribution >= 4 is 40.4 Å². The standard InChI is InChI=1S/C21H21ClN4O4S/c1-2-30-17-8-6-14(7-9-17)11-23-18(27)12-29-13-19-25-26-21(31-19)20(28)24-16-5-3-4-15(22)10-16/h3-10H,2,11-13H2,1H3,(H,23,27)(H,24,28). The molecule has 0 aliphatic heterocycles. The number of aromatic nitrogens is 2. The Hall–Kier alpha value is -3.01. The summed E-state index contributed by atoms with van der Waals surface area (Å²) in [5.74, 6) is 0.148. The molecule has 0 saturated heterocycles. The summed E-state index contributed by atoms with van der Waals surface area (Å²) in [7, 11) is 0. The molecular formula is C21H21ClN4O4S. The molecule has 0 radical (unpaired) electrons. The average molecular weight is 461 g/mol. The summed E-state index contributed by atoms with van der Waals surface area (Å²) in [5, 5.41) is 14.5. The van der Waals surface area contributed by atoms with Crippen LogP contribution in [0.2, 0.25) is 5.02 Å². The van der Waals surface area contributed by atoms with Crippen LogP contribution in [0.5, 0.6) is 5.75 Å². The highest BCUT2D eigenvalue weighted by Gasteiger charge is 2.14. The fourth-order valence-corrected chi connectivity index (χ4v) is 3.37. The van der Waals surface area contributed by atoms with Crippen LogP contribution in [0.25, 0.3) is 0 Å².